The van der Waals surface area contributed by atoms with Gasteiger partial charge in [0.25, 0.3) is 0 Å². The molecule has 1 aromatic rings. The Morgan fingerprint density at radius 3 is 2.80 bits per heavy atom. The van der Waals surface area contributed by atoms with E-state index in [0.717, 1.165) is 18.4 Å². The van der Waals surface area contributed by atoms with Crippen LogP contribution in [0.2, 0.25) is 0 Å². The maximum Gasteiger partial charge on any atom is 0.326 e. The average Bonchev–Trinajstić information content (AvgIpc) is 2.80. The lowest BCUT2D eigenvalue weighted by molar-refractivity contribution is -0.139. The Labute approximate surface area is 118 Å². The molecule has 20 heavy (non-hydrogen) atoms. The van der Waals surface area contributed by atoms with E-state index in [1.54, 1.807) is 10.9 Å². The lowest BCUT2D eigenvalue weighted by Crippen LogP contribution is -2.46. The molecule has 0 saturated carbocycles. The predicted molar refractivity (Wildman–Crippen MR) is 74.4 cm³/mol. The van der Waals surface area contributed by atoms with Crippen LogP contribution in [0.3, 0.4) is 0 Å². The second kappa shape index (κ2) is 8.19. The Morgan fingerprint density at radius 1 is 1.50 bits per heavy atom. The molecule has 7 heteroatoms. The number of rotatable bonds is 8. The molecule has 1 atom stereocenters. The molecule has 2 amide bonds. The van der Waals surface area contributed by atoms with Gasteiger partial charge in [-0.15, -0.1) is 0 Å². The average molecular weight is 282 g/mol. The van der Waals surface area contributed by atoms with Crippen LogP contribution < -0.4 is 10.6 Å². The van der Waals surface area contributed by atoms with Crippen molar-refractivity contribution in [3.05, 3.63) is 18.0 Å². The number of urea groups is 1. The van der Waals surface area contributed by atoms with E-state index in [1.165, 1.54) is 0 Å². The molecule has 0 saturated heterocycles. The summed E-state index contributed by atoms with van der Waals surface area (Å²) in [6.07, 6.45) is 6.39. The highest BCUT2D eigenvalue weighted by Crippen LogP contribution is 2.01. The van der Waals surface area contributed by atoms with Gasteiger partial charge in [0.05, 0.1) is 6.20 Å². The van der Waals surface area contributed by atoms with Crippen LogP contribution in [0.25, 0.3) is 0 Å². The van der Waals surface area contributed by atoms with Crippen LogP contribution in [0, 0.1) is 0 Å². The molecule has 3 N–H and O–H groups in total. The number of nitrogens with zero attached hydrogens (tertiary/aromatic N) is 2. The van der Waals surface area contributed by atoms with E-state index < -0.39 is 18.0 Å². The van der Waals surface area contributed by atoms with Crippen molar-refractivity contribution in [1.29, 1.82) is 0 Å². The van der Waals surface area contributed by atoms with Crippen molar-refractivity contribution in [2.75, 3.05) is 6.54 Å². The smallest absolute Gasteiger partial charge is 0.326 e. The summed E-state index contributed by atoms with van der Waals surface area (Å²) < 4.78 is 1.70. The molecular weight excluding hydrogens is 260 g/mol. The number of carbonyl (C=O) groups is 2. The Kier molecular flexibility index (Phi) is 6.55. The van der Waals surface area contributed by atoms with E-state index in [4.69, 9.17) is 5.11 Å². The summed E-state index contributed by atoms with van der Waals surface area (Å²) in [6.45, 7) is 2.42. The standard InChI is InChI=1S/C13H22N4O3/c1-3-4-5-11(12(18)19)16-13(20)14-7-6-10-8-15-17(2)9-10/h8-9,11H,3-7H2,1-2H3,(H,18,19)(H2,14,16,20)/t11-/m0/s1. The molecule has 1 heterocycles. The minimum absolute atomic E-state index is 0.442. The third-order valence-electron chi connectivity index (χ3n) is 2.91. The van der Waals surface area contributed by atoms with Crippen molar-refractivity contribution in [2.24, 2.45) is 7.05 Å². The second-order valence-electron chi connectivity index (χ2n) is 4.71. The molecule has 7 nitrogen and oxygen atoms in total. The van der Waals surface area contributed by atoms with Gasteiger partial charge in [-0.1, -0.05) is 19.8 Å². The van der Waals surface area contributed by atoms with Crippen LogP contribution in [0.4, 0.5) is 4.79 Å². The molecule has 0 aromatic carbocycles. The van der Waals surface area contributed by atoms with Gasteiger partial charge in [-0.2, -0.15) is 5.10 Å². The van der Waals surface area contributed by atoms with Crippen molar-refractivity contribution < 1.29 is 14.7 Å². The fraction of sp³-hybridized carbons (Fsp3) is 0.615. The van der Waals surface area contributed by atoms with E-state index in [1.807, 2.05) is 20.2 Å². The minimum Gasteiger partial charge on any atom is -0.480 e. The van der Waals surface area contributed by atoms with Gasteiger partial charge in [0.2, 0.25) is 0 Å². The van der Waals surface area contributed by atoms with E-state index in [2.05, 4.69) is 15.7 Å². The number of carboxylic acids is 1. The van der Waals surface area contributed by atoms with Crippen LogP contribution in [-0.4, -0.2) is 39.5 Å². The van der Waals surface area contributed by atoms with E-state index in [-0.39, 0.29) is 0 Å². The van der Waals surface area contributed by atoms with Crippen LogP contribution >= 0.6 is 0 Å². The summed E-state index contributed by atoms with van der Waals surface area (Å²) in [6, 6.07) is -1.27. The first-order valence-corrected chi connectivity index (χ1v) is 6.77. The van der Waals surface area contributed by atoms with Crippen molar-refractivity contribution in [2.45, 2.75) is 38.6 Å². The van der Waals surface area contributed by atoms with Gasteiger partial charge >= 0.3 is 12.0 Å². The summed E-state index contributed by atoms with van der Waals surface area (Å²) in [5.41, 5.74) is 1.02. The molecule has 0 fully saturated rings. The molecule has 0 unspecified atom stereocenters. The molecule has 0 aliphatic carbocycles. The molecule has 0 aliphatic rings. The summed E-state index contributed by atoms with van der Waals surface area (Å²) in [4.78, 5) is 22.6. The SMILES string of the molecule is CCCC[C@H](NC(=O)NCCc1cnn(C)c1)C(=O)O. The molecule has 0 spiro atoms. The fourth-order valence-electron chi connectivity index (χ4n) is 1.80. The van der Waals surface area contributed by atoms with Crippen molar-refractivity contribution >= 4 is 12.0 Å². The molecule has 0 aliphatic heterocycles. The topological polar surface area (TPSA) is 96.3 Å². The Bertz CT molecular complexity index is 445. The van der Waals surface area contributed by atoms with E-state index in [0.29, 0.717) is 19.4 Å². The first-order chi connectivity index (χ1) is 9.52. The lowest BCUT2D eigenvalue weighted by Gasteiger charge is -2.14. The third-order valence-corrected chi connectivity index (χ3v) is 2.91. The van der Waals surface area contributed by atoms with Gasteiger partial charge < -0.3 is 15.7 Å². The first kappa shape index (κ1) is 16.0. The lowest BCUT2D eigenvalue weighted by atomic mass is 10.1. The quantitative estimate of drug-likeness (QED) is 0.660. The normalized spacial score (nSPS) is 11.9. The number of hydrogen-bond donors (Lipinski definition) is 3. The summed E-state index contributed by atoms with van der Waals surface area (Å²) in [5, 5.41) is 18.2. The third kappa shape index (κ3) is 5.73. The molecule has 0 bridgehead atoms. The van der Waals surface area contributed by atoms with E-state index >= 15 is 0 Å². The number of aromatic nitrogens is 2. The number of amides is 2. The highest BCUT2D eigenvalue weighted by molar-refractivity contribution is 5.82. The molecule has 1 rings (SSSR count). The molecule has 112 valence electrons. The van der Waals surface area contributed by atoms with E-state index in [9.17, 15) is 9.59 Å². The van der Waals surface area contributed by atoms with Crippen LogP contribution in [0.15, 0.2) is 12.4 Å². The highest BCUT2D eigenvalue weighted by atomic mass is 16.4. The number of carbonyl (C=O) groups excluding carboxylic acids is 1. The van der Waals surface area contributed by atoms with Crippen LogP contribution in [0.1, 0.15) is 31.7 Å². The number of hydrogen-bond acceptors (Lipinski definition) is 3. The summed E-state index contributed by atoms with van der Waals surface area (Å²) in [7, 11) is 1.83. The largest absolute Gasteiger partial charge is 0.480 e. The number of nitrogens with one attached hydrogen (secondary N) is 2. The van der Waals surface area contributed by atoms with Gasteiger partial charge in [0.1, 0.15) is 6.04 Å². The minimum atomic E-state index is -0.999. The Balaban J connectivity index is 2.28. The van der Waals surface area contributed by atoms with Gasteiger partial charge in [0.15, 0.2) is 0 Å². The number of aryl methyl sites for hydroxylation is 1. The zero-order chi connectivity index (χ0) is 15.0. The summed E-state index contributed by atoms with van der Waals surface area (Å²) >= 11 is 0. The first-order valence-electron chi connectivity index (χ1n) is 6.77. The highest BCUT2D eigenvalue weighted by Gasteiger charge is 2.18. The maximum atomic E-state index is 11.6. The second-order valence-corrected chi connectivity index (χ2v) is 4.71. The van der Waals surface area contributed by atoms with Gasteiger partial charge in [-0.05, 0) is 18.4 Å². The summed E-state index contributed by atoms with van der Waals surface area (Å²) in [5.74, 6) is -0.999. The van der Waals surface area contributed by atoms with Gasteiger partial charge in [0, 0.05) is 19.8 Å². The predicted octanol–water partition coefficient (Wildman–Crippen LogP) is 0.905. The van der Waals surface area contributed by atoms with Crippen molar-refractivity contribution in [3.63, 3.8) is 0 Å². The Hall–Kier alpha value is -2.05. The van der Waals surface area contributed by atoms with Crippen LogP contribution in [-0.2, 0) is 18.3 Å². The zero-order valence-electron chi connectivity index (χ0n) is 11.9. The molecule has 1 aromatic heterocycles. The maximum absolute atomic E-state index is 11.6. The number of unbranched alkanes of at least 4 members (excludes halogenated alkanes) is 1. The molecule has 0 radical (unpaired) electrons. The monoisotopic (exact) mass is 282 g/mol. The fourth-order valence-corrected chi connectivity index (χ4v) is 1.80. The number of carboxylic acid groups (broad SMARTS) is 1. The number of aliphatic carboxylic acids is 1. The zero-order valence-corrected chi connectivity index (χ0v) is 11.9. The van der Waals surface area contributed by atoms with Crippen molar-refractivity contribution in [1.82, 2.24) is 20.4 Å². The Morgan fingerprint density at radius 2 is 2.25 bits per heavy atom. The van der Waals surface area contributed by atoms with Gasteiger partial charge in [-0.3, -0.25) is 4.68 Å². The molecular formula is C13H22N4O3. The van der Waals surface area contributed by atoms with Crippen molar-refractivity contribution in [3.8, 4) is 0 Å². The van der Waals surface area contributed by atoms with Crippen LogP contribution in [0.5, 0.6) is 0 Å². The van der Waals surface area contributed by atoms with Gasteiger partial charge in [-0.25, -0.2) is 9.59 Å².